The van der Waals surface area contributed by atoms with Gasteiger partial charge < -0.3 is 20.1 Å². The number of benzene rings is 2. The molecule has 7 nitrogen and oxygen atoms in total. The number of carboxylic acids is 2. The van der Waals surface area contributed by atoms with Crippen molar-refractivity contribution in [2.24, 2.45) is 7.05 Å². The van der Waals surface area contributed by atoms with E-state index in [-0.39, 0.29) is 5.82 Å². The van der Waals surface area contributed by atoms with Crippen LogP contribution in [0.15, 0.2) is 54.7 Å². The maximum absolute atomic E-state index is 13.0. The third-order valence-electron chi connectivity index (χ3n) is 3.65. The lowest BCUT2D eigenvalue weighted by molar-refractivity contribution is -0.159. The number of anilines is 1. The lowest BCUT2D eigenvalue weighted by Gasteiger charge is -2.09. The molecule has 0 saturated heterocycles. The number of carbonyl (C=O) groups is 2. The molecule has 3 rings (SSSR count). The molecule has 0 aliphatic rings. The number of hydrogen-bond acceptors (Lipinski definition) is 4. The maximum Gasteiger partial charge on any atom is 0.414 e. The van der Waals surface area contributed by atoms with Gasteiger partial charge in [0, 0.05) is 24.2 Å². The summed E-state index contributed by atoms with van der Waals surface area (Å²) in [7, 11) is 1.92. The summed E-state index contributed by atoms with van der Waals surface area (Å²) in [5.41, 5.74) is 2.93. The summed E-state index contributed by atoms with van der Waals surface area (Å²) in [6.45, 7) is 0.633. The summed E-state index contributed by atoms with van der Waals surface area (Å²) in [6.07, 6.45) is 1.77. The second kappa shape index (κ2) is 9.52. The van der Waals surface area contributed by atoms with Crippen LogP contribution in [0.3, 0.4) is 0 Å². The number of halogens is 2. The summed E-state index contributed by atoms with van der Waals surface area (Å²) in [4.78, 5) is 22.6. The molecule has 1 aromatic heterocycles. The first-order valence-corrected chi connectivity index (χ1v) is 8.38. The van der Waals surface area contributed by atoms with Gasteiger partial charge in [0.05, 0.1) is 11.9 Å². The van der Waals surface area contributed by atoms with Crippen LogP contribution in [-0.2, 0) is 23.2 Å². The van der Waals surface area contributed by atoms with E-state index in [4.69, 9.17) is 31.4 Å². The Balaban J connectivity index is 0.000000409. The molecule has 0 amide bonds. The molecule has 0 aliphatic heterocycles. The van der Waals surface area contributed by atoms with Crippen LogP contribution < -0.4 is 5.32 Å². The zero-order valence-corrected chi connectivity index (χ0v) is 15.5. The van der Waals surface area contributed by atoms with Crippen molar-refractivity contribution in [1.29, 1.82) is 0 Å². The predicted molar refractivity (Wildman–Crippen MR) is 103 cm³/mol. The largest absolute Gasteiger partial charge is 0.473 e. The van der Waals surface area contributed by atoms with Gasteiger partial charge in [0.25, 0.3) is 0 Å². The number of aromatic nitrogens is 2. The number of carboxylic acid groups (broad SMARTS) is 2. The Morgan fingerprint density at radius 1 is 1.14 bits per heavy atom. The van der Waals surface area contributed by atoms with Gasteiger partial charge in [0.1, 0.15) is 5.82 Å². The van der Waals surface area contributed by atoms with E-state index in [1.165, 1.54) is 12.1 Å². The summed E-state index contributed by atoms with van der Waals surface area (Å²) >= 11 is 5.98. The number of hydrogen-bond donors (Lipinski definition) is 3. The minimum absolute atomic E-state index is 0.245. The molecule has 0 bridgehead atoms. The van der Waals surface area contributed by atoms with E-state index in [0.717, 1.165) is 22.8 Å². The Kier molecular flexibility index (Phi) is 7.11. The zero-order chi connectivity index (χ0) is 20.7. The molecule has 0 radical (unpaired) electrons. The normalized spacial score (nSPS) is 9.96. The molecule has 0 fully saturated rings. The molecule has 1 heterocycles. The van der Waals surface area contributed by atoms with Crippen LogP contribution in [0.25, 0.3) is 11.3 Å². The molecular formula is C19H17ClFN3O4. The molecule has 2 aromatic carbocycles. The molecule has 146 valence electrons. The first-order valence-electron chi connectivity index (χ1n) is 8.00. The van der Waals surface area contributed by atoms with Crippen LogP contribution in [0.4, 0.5) is 10.3 Å². The summed E-state index contributed by atoms with van der Waals surface area (Å²) in [5, 5.41) is 18.8. The van der Waals surface area contributed by atoms with E-state index in [1.54, 1.807) is 18.3 Å². The Bertz CT molecular complexity index is 962. The smallest absolute Gasteiger partial charge is 0.414 e. The molecule has 0 saturated carbocycles. The van der Waals surface area contributed by atoms with Crippen molar-refractivity contribution in [3.63, 3.8) is 0 Å². The van der Waals surface area contributed by atoms with Crippen LogP contribution in [0.5, 0.6) is 0 Å². The maximum atomic E-state index is 13.0. The van der Waals surface area contributed by atoms with Gasteiger partial charge in [-0.2, -0.15) is 0 Å². The molecule has 0 aliphatic carbocycles. The first kappa shape index (κ1) is 20.9. The minimum Gasteiger partial charge on any atom is -0.473 e. The summed E-state index contributed by atoms with van der Waals surface area (Å²) in [5.74, 6) is -3.14. The van der Waals surface area contributed by atoms with Crippen molar-refractivity contribution in [1.82, 2.24) is 9.55 Å². The van der Waals surface area contributed by atoms with E-state index < -0.39 is 11.9 Å². The Morgan fingerprint density at radius 2 is 1.79 bits per heavy atom. The van der Waals surface area contributed by atoms with Gasteiger partial charge in [-0.25, -0.2) is 19.0 Å². The Hall–Kier alpha value is -3.39. The lowest BCUT2D eigenvalue weighted by Crippen LogP contribution is -2.09. The van der Waals surface area contributed by atoms with Crippen molar-refractivity contribution >= 4 is 29.5 Å². The number of imidazole rings is 1. The average Bonchev–Trinajstić information content (AvgIpc) is 3.02. The van der Waals surface area contributed by atoms with E-state index >= 15 is 0 Å². The molecular weight excluding hydrogens is 389 g/mol. The number of nitrogens with one attached hydrogen (secondary N) is 1. The van der Waals surface area contributed by atoms with E-state index in [2.05, 4.69) is 10.3 Å². The van der Waals surface area contributed by atoms with Gasteiger partial charge >= 0.3 is 11.9 Å². The van der Waals surface area contributed by atoms with Crippen LogP contribution in [-0.4, -0.2) is 31.7 Å². The number of nitrogens with zero attached hydrogens (tertiary/aromatic N) is 2. The zero-order valence-electron chi connectivity index (χ0n) is 14.8. The molecule has 9 heteroatoms. The van der Waals surface area contributed by atoms with Crippen LogP contribution in [0, 0.1) is 5.82 Å². The number of aliphatic carboxylic acids is 2. The van der Waals surface area contributed by atoms with Crippen molar-refractivity contribution in [3.05, 3.63) is 71.1 Å². The van der Waals surface area contributed by atoms with Gasteiger partial charge in [-0.15, -0.1) is 0 Å². The Labute approximate surface area is 165 Å². The highest BCUT2D eigenvalue weighted by molar-refractivity contribution is 6.30. The molecule has 3 N–H and O–H groups in total. The fourth-order valence-electron chi connectivity index (χ4n) is 2.29. The van der Waals surface area contributed by atoms with Crippen molar-refractivity contribution in [2.75, 3.05) is 5.32 Å². The Morgan fingerprint density at radius 3 is 2.36 bits per heavy atom. The van der Waals surface area contributed by atoms with E-state index in [1.807, 2.05) is 35.9 Å². The second-order valence-corrected chi connectivity index (χ2v) is 6.06. The SMILES string of the molecule is Cn1c(-c2ccc(F)cc2)cnc1NCc1cccc(Cl)c1.O=C(O)C(=O)O. The van der Waals surface area contributed by atoms with Crippen LogP contribution >= 0.6 is 11.6 Å². The lowest BCUT2D eigenvalue weighted by atomic mass is 10.2. The van der Waals surface area contributed by atoms with Gasteiger partial charge in [0.2, 0.25) is 5.95 Å². The molecule has 0 unspecified atom stereocenters. The fourth-order valence-corrected chi connectivity index (χ4v) is 2.50. The van der Waals surface area contributed by atoms with Crippen molar-refractivity contribution in [3.8, 4) is 11.3 Å². The number of rotatable bonds is 4. The highest BCUT2D eigenvalue weighted by Crippen LogP contribution is 2.22. The molecule has 28 heavy (non-hydrogen) atoms. The van der Waals surface area contributed by atoms with Crippen molar-refractivity contribution < 1.29 is 24.2 Å². The van der Waals surface area contributed by atoms with Gasteiger partial charge in [-0.05, 0) is 42.0 Å². The van der Waals surface area contributed by atoms with E-state index in [9.17, 15) is 4.39 Å². The standard InChI is InChI=1S/C17H15ClFN3.C2H2O4/c1-22-16(13-5-7-15(19)8-6-13)11-21-17(22)20-10-12-3-2-4-14(18)9-12;3-1(4)2(5)6/h2-9,11H,10H2,1H3,(H,20,21);(H,3,4)(H,5,6). The summed E-state index contributed by atoms with van der Waals surface area (Å²) in [6, 6.07) is 14.1. The minimum atomic E-state index is -1.82. The molecule has 0 atom stereocenters. The van der Waals surface area contributed by atoms with Gasteiger partial charge in [-0.3, -0.25) is 0 Å². The second-order valence-electron chi connectivity index (χ2n) is 5.63. The highest BCUT2D eigenvalue weighted by Gasteiger charge is 2.08. The third-order valence-corrected chi connectivity index (χ3v) is 3.89. The quantitative estimate of drug-likeness (QED) is 0.572. The fraction of sp³-hybridized carbons (Fsp3) is 0.105. The highest BCUT2D eigenvalue weighted by atomic mass is 35.5. The van der Waals surface area contributed by atoms with Gasteiger partial charge in [0.15, 0.2) is 0 Å². The van der Waals surface area contributed by atoms with Crippen molar-refractivity contribution in [2.45, 2.75) is 6.54 Å². The topological polar surface area (TPSA) is 104 Å². The molecule has 0 spiro atoms. The average molecular weight is 406 g/mol. The predicted octanol–water partition coefficient (Wildman–Crippen LogP) is 3.65. The third kappa shape index (κ3) is 5.82. The first-order chi connectivity index (χ1) is 13.3. The van der Waals surface area contributed by atoms with E-state index in [0.29, 0.717) is 11.6 Å². The van der Waals surface area contributed by atoms with Gasteiger partial charge in [-0.1, -0.05) is 23.7 Å². The monoisotopic (exact) mass is 405 g/mol. The molecule has 3 aromatic rings. The van der Waals surface area contributed by atoms with Crippen LogP contribution in [0.1, 0.15) is 5.56 Å². The van der Waals surface area contributed by atoms with Crippen LogP contribution in [0.2, 0.25) is 5.02 Å². The summed E-state index contributed by atoms with van der Waals surface area (Å²) < 4.78 is 14.9.